The zero-order valence-corrected chi connectivity index (χ0v) is 18.6. The molecule has 2 rings (SSSR count). The van der Waals surface area contributed by atoms with E-state index in [-0.39, 0.29) is 6.61 Å². The maximum absolute atomic E-state index is 12.1. The average molecular weight is 434 g/mol. The van der Waals surface area contributed by atoms with Crippen LogP contribution in [0.5, 0.6) is 0 Å². The number of carbonyl (C=O) groups is 1. The number of esters is 1. The molecule has 0 aromatic heterocycles. The maximum Gasteiger partial charge on any atom is 0.341 e. The lowest BCUT2D eigenvalue weighted by Gasteiger charge is -2.25. The van der Waals surface area contributed by atoms with Crippen LogP contribution in [-0.4, -0.2) is 76.0 Å². The second-order valence-corrected chi connectivity index (χ2v) is 6.83. The molecule has 0 aliphatic carbocycles. The lowest BCUT2D eigenvalue weighted by molar-refractivity contribution is -0.133. The lowest BCUT2D eigenvalue weighted by atomic mass is 10.0. The summed E-state index contributed by atoms with van der Waals surface area (Å²) in [6, 6.07) is 7.33. The van der Waals surface area contributed by atoms with Crippen LogP contribution in [0.2, 0.25) is 0 Å². The van der Waals surface area contributed by atoms with Gasteiger partial charge in [-0.25, -0.2) is 4.79 Å². The number of carbonyl (C=O) groups excluding carboxylic acids is 1. The van der Waals surface area contributed by atoms with Crippen molar-refractivity contribution in [1.29, 1.82) is 0 Å². The number of oxime groups is 2. The number of benzene rings is 1. The van der Waals surface area contributed by atoms with Crippen LogP contribution in [0.15, 0.2) is 40.8 Å². The Labute approximate surface area is 183 Å². The predicted octanol–water partition coefficient (Wildman–Crippen LogP) is 2.46. The number of rotatable bonds is 11. The number of nitrogens with zero attached hydrogens (tertiary/aromatic N) is 3. The summed E-state index contributed by atoms with van der Waals surface area (Å²) in [7, 11) is 2.80. The summed E-state index contributed by atoms with van der Waals surface area (Å²) in [5.74, 6) is -0.494. The van der Waals surface area contributed by atoms with E-state index in [1.165, 1.54) is 20.5 Å². The first kappa shape index (κ1) is 24.4. The van der Waals surface area contributed by atoms with Crippen molar-refractivity contribution in [3.8, 4) is 0 Å². The van der Waals surface area contributed by atoms with E-state index in [9.17, 15) is 4.79 Å². The topological polar surface area (TPSA) is 91.2 Å². The molecular formula is C22H31N3O6. The first-order valence-electron chi connectivity index (χ1n) is 10.1. The number of ether oxygens (including phenoxy) is 3. The standard InChI is InChI=1S/C22H31N3O6/c1-17(23-30-14-11-25-9-12-29-13-10-25)18(2)24-31-15-19-7-5-6-8-20(19)21(16-27-3)22(26)28-4/h5-8,16H,9-15H2,1-4H3. The molecule has 9 heteroatoms. The van der Waals surface area contributed by atoms with E-state index in [0.717, 1.165) is 38.4 Å². The van der Waals surface area contributed by atoms with Gasteiger partial charge in [0.05, 0.1) is 33.7 Å². The van der Waals surface area contributed by atoms with E-state index < -0.39 is 5.97 Å². The minimum absolute atomic E-state index is 0.163. The fraction of sp³-hybridized carbons (Fsp3) is 0.500. The molecule has 1 fully saturated rings. The zero-order chi connectivity index (χ0) is 22.5. The van der Waals surface area contributed by atoms with Crippen molar-refractivity contribution in [3.05, 3.63) is 41.7 Å². The molecule has 1 aliphatic heterocycles. The first-order valence-corrected chi connectivity index (χ1v) is 10.1. The molecule has 0 saturated carbocycles. The summed E-state index contributed by atoms with van der Waals surface area (Å²) in [5.41, 5.74) is 2.95. The Balaban J connectivity index is 1.90. The quantitative estimate of drug-likeness (QED) is 0.132. The molecule has 0 atom stereocenters. The third kappa shape index (κ3) is 8.03. The summed E-state index contributed by atoms with van der Waals surface area (Å²) in [4.78, 5) is 25.2. The van der Waals surface area contributed by atoms with Gasteiger partial charge in [0.2, 0.25) is 0 Å². The molecule has 0 spiro atoms. The Morgan fingerprint density at radius 1 is 1.10 bits per heavy atom. The molecule has 1 saturated heterocycles. The van der Waals surface area contributed by atoms with Gasteiger partial charge in [-0.3, -0.25) is 4.90 Å². The van der Waals surface area contributed by atoms with Gasteiger partial charge >= 0.3 is 5.97 Å². The number of morpholine rings is 1. The largest absolute Gasteiger partial charge is 0.503 e. The van der Waals surface area contributed by atoms with Gasteiger partial charge in [-0.05, 0) is 19.4 Å². The average Bonchev–Trinajstić information content (AvgIpc) is 2.80. The molecule has 0 unspecified atom stereocenters. The normalized spacial score (nSPS) is 16.1. The Morgan fingerprint density at radius 2 is 1.77 bits per heavy atom. The fourth-order valence-corrected chi connectivity index (χ4v) is 2.83. The van der Waals surface area contributed by atoms with Gasteiger partial charge in [0.25, 0.3) is 0 Å². The molecule has 170 valence electrons. The lowest BCUT2D eigenvalue weighted by Crippen LogP contribution is -2.38. The highest BCUT2D eigenvalue weighted by molar-refractivity contribution is 6.40. The monoisotopic (exact) mass is 433 g/mol. The zero-order valence-electron chi connectivity index (χ0n) is 18.6. The number of hydrogen-bond acceptors (Lipinski definition) is 9. The van der Waals surface area contributed by atoms with Gasteiger partial charge in [0.15, 0.2) is 0 Å². The van der Waals surface area contributed by atoms with Crippen LogP contribution in [0.3, 0.4) is 0 Å². The van der Waals surface area contributed by atoms with Gasteiger partial charge in [-0.15, -0.1) is 0 Å². The Morgan fingerprint density at radius 3 is 2.45 bits per heavy atom. The van der Waals surface area contributed by atoms with Crippen molar-refractivity contribution in [2.24, 2.45) is 10.3 Å². The third-order valence-corrected chi connectivity index (χ3v) is 4.70. The van der Waals surface area contributed by atoms with Crippen LogP contribution in [0, 0.1) is 0 Å². The maximum atomic E-state index is 12.1. The highest BCUT2D eigenvalue weighted by Gasteiger charge is 2.17. The van der Waals surface area contributed by atoms with Crippen molar-refractivity contribution in [2.45, 2.75) is 20.5 Å². The summed E-state index contributed by atoms with van der Waals surface area (Å²) in [6.07, 6.45) is 1.35. The molecular weight excluding hydrogens is 402 g/mol. The van der Waals surface area contributed by atoms with E-state index in [4.69, 9.17) is 23.9 Å². The predicted molar refractivity (Wildman–Crippen MR) is 118 cm³/mol. The molecule has 9 nitrogen and oxygen atoms in total. The van der Waals surface area contributed by atoms with E-state index in [1.54, 1.807) is 13.0 Å². The summed E-state index contributed by atoms with van der Waals surface area (Å²) < 4.78 is 15.2. The van der Waals surface area contributed by atoms with E-state index in [0.29, 0.717) is 29.2 Å². The highest BCUT2D eigenvalue weighted by Crippen LogP contribution is 2.21. The molecule has 1 aromatic rings. The van der Waals surface area contributed by atoms with Crippen LogP contribution in [0.4, 0.5) is 0 Å². The van der Waals surface area contributed by atoms with Crippen LogP contribution in [0.1, 0.15) is 25.0 Å². The summed E-state index contributed by atoms with van der Waals surface area (Å²) in [5, 5.41) is 8.21. The molecule has 0 bridgehead atoms. The van der Waals surface area contributed by atoms with E-state index in [1.807, 2.05) is 25.1 Å². The van der Waals surface area contributed by atoms with Crippen molar-refractivity contribution >= 4 is 23.0 Å². The van der Waals surface area contributed by atoms with Crippen LogP contribution in [0.25, 0.3) is 5.57 Å². The van der Waals surface area contributed by atoms with Crippen LogP contribution >= 0.6 is 0 Å². The molecule has 0 radical (unpaired) electrons. The second kappa shape index (κ2) is 13.4. The Bertz CT molecular complexity index is 800. The Hall–Kier alpha value is -2.91. The fourth-order valence-electron chi connectivity index (χ4n) is 2.83. The number of methoxy groups -OCH3 is 2. The summed E-state index contributed by atoms with van der Waals surface area (Å²) in [6.45, 7) is 8.42. The van der Waals surface area contributed by atoms with Gasteiger partial charge in [0, 0.05) is 25.2 Å². The molecule has 31 heavy (non-hydrogen) atoms. The number of hydrogen-bond donors (Lipinski definition) is 0. The summed E-state index contributed by atoms with van der Waals surface area (Å²) >= 11 is 0. The van der Waals surface area contributed by atoms with Gasteiger partial charge < -0.3 is 23.9 Å². The minimum Gasteiger partial charge on any atom is -0.503 e. The van der Waals surface area contributed by atoms with E-state index >= 15 is 0 Å². The SMILES string of the molecule is COC=C(C(=O)OC)c1ccccc1CON=C(C)C(C)=NOCCN1CCOCC1. The van der Waals surface area contributed by atoms with Gasteiger partial charge in [0.1, 0.15) is 30.2 Å². The molecule has 1 aliphatic rings. The second-order valence-electron chi connectivity index (χ2n) is 6.83. The first-order chi connectivity index (χ1) is 15.1. The van der Waals surface area contributed by atoms with Gasteiger partial charge in [-0.1, -0.05) is 34.6 Å². The van der Waals surface area contributed by atoms with Crippen molar-refractivity contribution in [2.75, 3.05) is 53.7 Å². The van der Waals surface area contributed by atoms with Crippen LogP contribution < -0.4 is 0 Å². The minimum atomic E-state index is -0.494. The smallest absolute Gasteiger partial charge is 0.341 e. The molecule has 0 amide bonds. The molecule has 0 N–H and O–H groups in total. The van der Waals surface area contributed by atoms with Crippen molar-refractivity contribution in [1.82, 2.24) is 4.90 Å². The van der Waals surface area contributed by atoms with Gasteiger partial charge in [-0.2, -0.15) is 0 Å². The highest BCUT2D eigenvalue weighted by atomic mass is 16.6. The molecule has 1 aromatic carbocycles. The van der Waals surface area contributed by atoms with Crippen LogP contribution in [-0.2, 0) is 35.3 Å². The molecule has 1 heterocycles. The third-order valence-electron chi connectivity index (χ3n) is 4.70. The van der Waals surface area contributed by atoms with E-state index in [2.05, 4.69) is 15.2 Å². The van der Waals surface area contributed by atoms with Crippen molar-refractivity contribution in [3.63, 3.8) is 0 Å². The Kier molecular flexibility index (Phi) is 10.5. The van der Waals surface area contributed by atoms with Crippen molar-refractivity contribution < 1.29 is 28.7 Å².